The number of nitrogens with zero attached hydrogens (tertiary/aromatic N) is 3. The number of rotatable bonds is 3. The number of aryl methyl sites for hydroxylation is 1. The summed E-state index contributed by atoms with van der Waals surface area (Å²) in [4.78, 5) is 17.6. The van der Waals surface area contributed by atoms with Crippen LogP contribution in [0.3, 0.4) is 0 Å². The highest BCUT2D eigenvalue weighted by Gasteiger charge is 2.51. The highest BCUT2D eigenvalue weighted by Crippen LogP contribution is 2.45. The lowest BCUT2D eigenvalue weighted by atomic mass is 9.71. The molecular weight excluding hydrogens is 302 g/mol. The van der Waals surface area contributed by atoms with Crippen LogP contribution < -0.4 is 0 Å². The van der Waals surface area contributed by atoms with Crippen LogP contribution >= 0.6 is 0 Å². The van der Waals surface area contributed by atoms with Crippen molar-refractivity contribution in [1.29, 1.82) is 0 Å². The van der Waals surface area contributed by atoms with Crippen LogP contribution in [-0.2, 0) is 23.1 Å². The van der Waals surface area contributed by atoms with E-state index >= 15 is 0 Å². The van der Waals surface area contributed by atoms with E-state index in [0.29, 0.717) is 5.91 Å². The van der Waals surface area contributed by atoms with Gasteiger partial charge in [-0.05, 0) is 25.0 Å². The van der Waals surface area contributed by atoms with E-state index < -0.39 is 0 Å². The van der Waals surface area contributed by atoms with Crippen molar-refractivity contribution in [1.82, 2.24) is 14.4 Å². The molecule has 0 N–H and O–H groups in total. The largest absolute Gasteiger partial charge is 0.381 e. The summed E-state index contributed by atoms with van der Waals surface area (Å²) < 4.78 is 7.79. The smallest absolute Gasteiger partial charge is 0.228 e. The molecule has 4 rings (SSSR count). The summed E-state index contributed by atoms with van der Waals surface area (Å²) >= 11 is 0. The first-order valence-electron chi connectivity index (χ1n) is 9.02. The van der Waals surface area contributed by atoms with Gasteiger partial charge in [-0.25, -0.2) is 0 Å². The molecule has 1 amide bonds. The maximum absolute atomic E-state index is 13.1. The maximum atomic E-state index is 13.1. The van der Waals surface area contributed by atoms with Crippen LogP contribution in [0.25, 0.3) is 0 Å². The molecule has 0 aliphatic carbocycles. The number of likely N-dealkylation sites (tertiary alicyclic amines) is 1. The van der Waals surface area contributed by atoms with Crippen molar-refractivity contribution in [2.75, 3.05) is 39.4 Å². The van der Waals surface area contributed by atoms with Crippen molar-refractivity contribution in [3.05, 3.63) is 36.2 Å². The van der Waals surface area contributed by atoms with Gasteiger partial charge in [0.25, 0.3) is 0 Å². The summed E-state index contributed by atoms with van der Waals surface area (Å²) in [5.41, 5.74) is 1.41. The van der Waals surface area contributed by atoms with E-state index in [2.05, 4.69) is 47.0 Å². The quantitative estimate of drug-likeness (QED) is 0.792. The van der Waals surface area contributed by atoms with E-state index in [0.717, 1.165) is 58.8 Å². The van der Waals surface area contributed by atoms with Gasteiger partial charge in [-0.2, -0.15) is 0 Å². The molecule has 5 nitrogen and oxygen atoms in total. The summed E-state index contributed by atoms with van der Waals surface area (Å²) in [6.45, 7) is 5.95. The van der Waals surface area contributed by atoms with E-state index in [1.807, 2.05) is 4.90 Å². The molecule has 1 spiro atoms. The lowest BCUT2D eigenvalue weighted by Crippen LogP contribution is -2.45. The van der Waals surface area contributed by atoms with Gasteiger partial charge in [0, 0.05) is 70.3 Å². The Morgan fingerprint density at radius 2 is 2.04 bits per heavy atom. The molecule has 0 saturated carbocycles. The standard InChI is InChI=1S/C19H27N3O2/c1-20-8-4-5-16(20)13-21-14-17(18(23)22-9-2-3-10-22)19(15-21)6-11-24-12-7-19/h2-5,8,17H,6-7,9-15H2,1H3/t17-/m1/s1. The first-order chi connectivity index (χ1) is 11.7. The highest BCUT2D eigenvalue weighted by atomic mass is 16.5. The Hall–Kier alpha value is -1.59. The Kier molecular flexibility index (Phi) is 4.22. The third-order valence-corrected chi connectivity index (χ3v) is 6.07. The van der Waals surface area contributed by atoms with Gasteiger partial charge in [-0.1, -0.05) is 12.2 Å². The molecule has 2 saturated heterocycles. The van der Waals surface area contributed by atoms with E-state index in [-0.39, 0.29) is 11.3 Å². The van der Waals surface area contributed by atoms with Gasteiger partial charge < -0.3 is 14.2 Å². The second kappa shape index (κ2) is 6.37. The van der Waals surface area contributed by atoms with Gasteiger partial charge in [-0.3, -0.25) is 9.69 Å². The molecule has 3 aliphatic heterocycles. The molecule has 1 atom stereocenters. The van der Waals surface area contributed by atoms with Crippen molar-refractivity contribution >= 4 is 5.91 Å². The Labute approximate surface area is 143 Å². The van der Waals surface area contributed by atoms with Gasteiger partial charge >= 0.3 is 0 Å². The van der Waals surface area contributed by atoms with E-state index in [1.165, 1.54) is 5.69 Å². The SMILES string of the molecule is Cn1cccc1CN1C[C@H](C(=O)N2CC=CC2)C2(CCOCC2)C1. The Bertz CT molecular complexity index is 622. The molecule has 5 heteroatoms. The lowest BCUT2D eigenvalue weighted by Gasteiger charge is -2.38. The van der Waals surface area contributed by atoms with Crippen LogP contribution in [0.5, 0.6) is 0 Å². The third kappa shape index (κ3) is 2.80. The average molecular weight is 329 g/mol. The molecule has 3 aliphatic rings. The fourth-order valence-electron chi connectivity index (χ4n) is 4.59. The van der Waals surface area contributed by atoms with E-state index in [9.17, 15) is 4.79 Å². The molecule has 1 aromatic heterocycles. The Morgan fingerprint density at radius 1 is 1.29 bits per heavy atom. The highest BCUT2D eigenvalue weighted by molar-refractivity contribution is 5.81. The van der Waals surface area contributed by atoms with Crippen LogP contribution in [0.15, 0.2) is 30.5 Å². The second-order valence-electron chi connectivity index (χ2n) is 7.52. The van der Waals surface area contributed by atoms with Gasteiger partial charge in [0.05, 0.1) is 5.92 Å². The minimum absolute atomic E-state index is 0.100. The maximum Gasteiger partial charge on any atom is 0.228 e. The Morgan fingerprint density at radius 3 is 2.71 bits per heavy atom. The molecule has 1 aromatic rings. The summed E-state index contributed by atoms with van der Waals surface area (Å²) in [5.74, 6) is 0.456. The Balaban J connectivity index is 1.53. The molecule has 0 bridgehead atoms. The molecule has 130 valence electrons. The predicted molar refractivity (Wildman–Crippen MR) is 92.4 cm³/mol. The normalized spacial score (nSPS) is 26.5. The monoisotopic (exact) mass is 329 g/mol. The molecular formula is C19H27N3O2. The number of hydrogen-bond donors (Lipinski definition) is 0. The number of ether oxygens (including phenoxy) is 1. The first-order valence-corrected chi connectivity index (χ1v) is 9.02. The van der Waals surface area contributed by atoms with Crippen LogP contribution in [0, 0.1) is 11.3 Å². The van der Waals surface area contributed by atoms with Crippen LogP contribution in [0.1, 0.15) is 18.5 Å². The topological polar surface area (TPSA) is 37.7 Å². The molecule has 2 fully saturated rings. The van der Waals surface area contributed by atoms with Gasteiger partial charge in [0.1, 0.15) is 0 Å². The summed E-state index contributed by atoms with van der Waals surface area (Å²) in [6.07, 6.45) is 8.31. The number of carbonyl (C=O) groups excluding carboxylic acids is 1. The zero-order valence-corrected chi connectivity index (χ0v) is 14.5. The molecule has 0 unspecified atom stereocenters. The van der Waals surface area contributed by atoms with Crippen molar-refractivity contribution < 1.29 is 9.53 Å². The number of aromatic nitrogens is 1. The van der Waals surface area contributed by atoms with Gasteiger partial charge in [0.2, 0.25) is 5.91 Å². The average Bonchev–Trinajstić information content (AvgIpc) is 3.31. The van der Waals surface area contributed by atoms with Crippen LogP contribution in [-0.4, -0.2) is 59.7 Å². The molecule has 4 heterocycles. The fraction of sp³-hybridized carbons (Fsp3) is 0.632. The summed E-state index contributed by atoms with van der Waals surface area (Å²) in [6, 6.07) is 4.27. The van der Waals surface area contributed by atoms with Crippen molar-refractivity contribution in [3.63, 3.8) is 0 Å². The minimum Gasteiger partial charge on any atom is -0.381 e. The van der Waals surface area contributed by atoms with Gasteiger partial charge in [0.15, 0.2) is 0 Å². The molecule has 24 heavy (non-hydrogen) atoms. The summed E-state index contributed by atoms with van der Waals surface area (Å²) in [5, 5.41) is 0. The fourth-order valence-corrected chi connectivity index (χ4v) is 4.59. The summed E-state index contributed by atoms with van der Waals surface area (Å²) in [7, 11) is 2.09. The number of carbonyl (C=O) groups is 1. The van der Waals surface area contributed by atoms with E-state index in [1.54, 1.807) is 0 Å². The third-order valence-electron chi connectivity index (χ3n) is 6.07. The number of amides is 1. The van der Waals surface area contributed by atoms with Crippen LogP contribution in [0.4, 0.5) is 0 Å². The second-order valence-corrected chi connectivity index (χ2v) is 7.52. The van der Waals surface area contributed by atoms with Crippen LogP contribution in [0.2, 0.25) is 0 Å². The predicted octanol–water partition coefficient (Wildman–Crippen LogP) is 1.65. The lowest BCUT2D eigenvalue weighted by molar-refractivity contribution is -0.139. The first kappa shape index (κ1) is 15.9. The van der Waals surface area contributed by atoms with Crippen molar-refractivity contribution in [2.45, 2.75) is 19.4 Å². The zero-order chi connectivity index (χ0) is 16.6. The molecule has 0 aromatic carbocycles. The number of hydrogen-bond acceptors (Lipinski definition) is 3. The molecule has 0 radical (unpaired) electrons. The minimum atomic E-state index is 0.100. The van der Waals surface area contributed by atoms with Gasteiger partial charge in [-0.15, -0.1) is 0 Å². The van der Waals surface area contributed by atoms with E-state index in [4.69, 9.17) is 4.74 Å². The zero-order valence-electron chi connectivity index (χ0n) is 14.5. The van der Waals surface area contributed by atoms with Crippen molar-refractivity contribution in [3.8, 4) is 0 Å². The van der Waals surface area contributed by atoms with Crippen molar-refractivity contribution in [2.24, 2.45) is 18.4 Å².